The van der Waals surface area contributed by atoms with E-state index in [4.69, 9.17) is 10.3 Å². The van der Waals surface area contributed by atoms with Gasteiger partial charge in [0.25, 0.3) is 0 Å². The normalized spacial score (nSPS) is 22.1. The molecular formula is C12H21N3O. The number of nitrogens with zero attached hydrogens (tertiary/aromatic N) is 2. The molecule has 16 heavy (non-hydrogen) atoms. The van der Waals surface area contributed by atoms with Crippen molar-refractivity contribution in [3.05, 3.63) is 17.5 Å². The number of nitrogens with two attached hydrogens (primary N) is 1. The van der Waals surface area contributed by atoms with Crippen molar-refractivity contribution in [3.63, 3.8) is 0 Å². The van der Waals surface area contributed by atoms with Crippen LogP contribution in [-0.2, 0) is 0 Å². The van der Waals surface area contributed by atoms with Gasteiger partial charge in [0.05, 0.1) is 6.04 Å². The van der Waals surface area contributed by atoms with Crippen molar-refractivity contribution < 1.29 is 4.52 Å². The molecule has 2 rings (SSSR count). The topological polar surface area (TPSA) is 55.3 Å². The Morgan fingerprint density at radius 3 is 3.06 bits per heavy atom. The maximum atomic E-state index is 5.62. The minimum Gasteiger partial charge on any atom is -0.361 e. The lowest BCUT2D eigenvalue weighted by Gasteiger charge is -2.21. The van der Waals surface area contributed by atoms with Crippen LogP contribution in [0.5, 0.6) is 0 Å². The summed E-state index contributed by atoms with van der Waals surface area (Å²) in [6.45, 7) is 7.04. The molecule has 2 N–H and O–H groups in total. The number of aromatic nitrogens is 1. The second kappa shape index (κ2) is 4.97. The summed E-state index contributed by atoms with van der Waals surface area (Å²) in [5.74, 6) is 1.39. The summed E-state index contributed by atoms with van der Waals surface area (Å²) in [5, 5.41) is 4.19. The zero-order valence-electron chi connectivity index (χ0n) is 10.1. The molecule has 4 nitrogen and oxygen atoms in total. The van der Waals surface area contributed by atoms with Crippen molar-refractivity contribution in [2.24, 2.45) is 5.73 Å². The zero-order valence-corrected chi connectivity index (χ0v) is 10.1. The minimum atomic E-state index is 0.408. The third-order valence-electron chi connectivity index (χ3n) is 3.24. The Hall–Kier alpha value is -0.870. The van der Waals surface area contributed by atoms with E-state index in [1.54, 1.807) is 0 Å². The molecule has 1 saturated heterocycles. The Bertz CT molecular complexity index is 335. The highest BCUT2D eigenvalue weighted by molar-refractivity contribution is 5.13. The second-order valence-corrected chi connectivity index (χ2v) is 4.79. The van der Waals surface area contributed by atoms with Crippen LogP contribution in [0.1, 0.15) is 50.1 Å². The van der Waals surface area contributed by atoms with E-state index in [-0.39, 0.29) is 0 Å². The van der Waals surface area contributed by atoms with Gasteiger partial charge in [-0.1, -0.05) is 19.0 Å². The van der Waals surface area contributed by atoms with Gasteiger partial charge < -0.3 is 10.3 Å². The lowest BCUT2D eigenvalue weighted by molar-refractivity contribution is 0.250. The summed E-state index contributed by atoms with van der Waals surface area (Å²) >= 11 is 0. The summed E-state index contributed by atoms with van der Waals surface area (Å²) in [7, 11) is 0. The molecule has 4 heteroatoms. The van der Waals surface area contributed by atoms with Gasteiger partial charge in [0.1, 0.15) is 11.5 Å². The van der Waals surface area contributed by atoms with Crippen molar-refractivity contribution in [1.82, 2.24) is 10.1 Å². The summed E-state index contributed by atoms with van der Waals surface area (Å²) in [6.07, 6.45) is 2.40. The van der Waals surface area contributed by atoms with Crippen LogP contribution in [0.25, 0.3) is 0 Å². The fourth-order valence-electron chi connectivity index (χ4n) is 2.33. The van der Waals surface area contributed by atoms with E-state index in [2.05, 4.69) is 30.0 Å². The van der Waals surface area contributed by atoms with Gasteiger partial charge in [0.2, 0.25) is 0 Å². The van der Waals surface area contributed by atoms with Crippen molar-refractivity contribution in [3.8, 4) is 0 Å². The first kappa shape index (κ1) is 11.6. The Morgan fingerprint density at radius 2 is 2.44 bits per heavy atom. The van der Waals surface area contributed by atoms with E-state index in [0.717, 1.165) is 24.5 Å². The van der Waals surface area contributed by atoms with E-state index >= 15 is 0 Å². The van der Waals surface area contributed by atoms with Crippen molar-refractivity contribution >= 4 is 0 Å². The number of hydrogen-bond acceptors (Lipinski definition) is 4. The van der Waals surface area contributed by atoms with Crippen molar-refractivity contribution in [2.75, 3.05) is 19.6 Å². The molecule has 1 atom stereocenters. The Kier molecular flexibility index (Phi) is 3.61. The van der Waals surface area contributed by atoms with Gasteiger partial charge in [-0.25, -0.2) is 0 Å². The number of hydrogen-bond donors (Lipinski definition) is 1. The fourth-order valence-corrected chi connectivity index (χ4v) is 2.33. The Balaban J connectivity index is 2.10. The SMILES string of the molecule is CC(C)c1cc([C@H]2CCCN2CCN)no1. The number of rotatable bonds is 4. The highest BCUT2D eigenvalue weighted by atomic mass is 16.5. The predicted molar refractivity (Wildman–Crippen MR) is 63.2 cm³/mol. The van der Waals surface area contributed by atoms with Crippen LogP contribution in [0.2, 0.25) is 0 Å². The first-order valence-electron chi connectivity index (χ1n) is 6.13. The third kappa shape index (κ3) is 2.28. The van der Waals surface area contributed by atoms with E-state index in [0.29, 0.717) is 18.5 Å². The monoisotopic (exact) mass is 223 g/mol. The molecule has 0 bridgehead atoms. The maximum Gasteiger partial charge on any atom is 0.139 e. The molecule has 0 aliphatic carbocycles. The Labute approximate surface area is 96.8 Å². The summed E-state index contributed by atoms with van der Waals surface area (Å²) in [6, 6.07) is 2.52. The largest absolute Gasteiger partial charge is 0.361 e. The first-order valence-corrected chi connectivity index (χ1v) is 6.13. The van der Waals surface area contributed by atoms with Gasteiger partial charge in [-0.15, -0.1) is 0 Å². The van der Waals surface area contributed by atoms with Crippen LogP contribution in [0.4, 0.5) is 0 Å². The molecule has 1 aromatic heterocycles. The molecule has 1 aromatic rings. The fraction of sp³-hybridized carbons (Fsp3) is 0.750. The van der Waals surface area contributed by atoms with E-state index in [9.17, 15) is 0 Å². The molecule has 1 fully saturated rings. The average molecular weight is 223 g/mol. The van der Waals surface area contributed by atoms with Crippen LogP contribution in [-0.4, -0.2) is 29.7 Å². The van der Waals surface area contributed by atoms with Crippen LogP contribution in [0.15, 0.2) is 10.6 Å². The lowest BCUT2D eigenvalue weighted by atomic mass is 10.1. The molecule has 0 saturated carbocycles. The van der Waals surface area contributed by atoms with Gasteiger partial charge in [0, 0.05) is 25.1 Å². The second-order valence-electron chi connectivity index (χ2n) is 4.79. The minimum absolute atomic E-state index is 0.408. The van der Waals surface area contributed by atoms with Gasteiger partial charge in [0.15, 0.2) is 0 Å². The number of likely N-dealkylation sites (tertiary alicyclic amines) is 1. The van der Waals surface area contributed by atoms with Crippen molar-refractivity contribution in [1.29, 1.82) is 0 Å². The van der Waals surface area contributed by atoms with Gasteiger partial charge >= 0.3 is 0 Å². The Morgan fingerprint density at radius 1 is 1.62 bits per heavy atom. The molecular weight excluding hydrogens is 202 g/mol. The van der Waals surface area contributed by atoms with E-state index < -0.39 is 0 Å². The quantitative estimate of drug-likeness (QED) is 0.847. The highest BCUT2D eigenvalue weighted by Gasteiger charge is 2.28. The highest BCUT2D eigenvalue weighted by Crippen LogP contribution is 2.31. The zero-order chi connectivity index (χ0) is 11.5. The van der Waals surface area contributed by atoms with Crippen LogP contribution < -0.4 is 5.73 Å². The third-order valence-corrected chi connectivity index (χ3v) is 3.24. The van der Waals surface area contributed by atoms with Crippen LogP contribution in [0, 0.1) is 0 Å². The summed E-state index contributed by atoms with van der Waals surface area (Å²) < 4.78 is 5.36. The molecule has 0 aromatic carbocycles. The molecule has 2 heterocycles. The standard InChI is InChI=1S/C12H21N3O/c1-9(2)12-8-10(14-16-12)11-4-3-6-15(11)7-5-13/h8-9,11H,3-7,13H2,1-2H3/t11-/m1/s1. The van der Waals surface area contributed by atoms with E-state index in [1.807, 2.05) is 0 Å². The van der Waals surface area contributed by atoms with Gasteiger partial charge in [-0.2, -0.15) is 0 Å². The smallest absolute Gasteiger partial charge is 0.139 e. The molecule has 0 unspecified atom stereocenters. The predicted octanol–water partition coefficient (Wildman–Crippen LogP) is 1.89. The first-order chi connectivity index (χ1) is 7.72. The summed E-state index contributed by atoms with van der Waals surface area (Å²) in [5.41, 5.74) is 6.69. The summed E-state index contributed by atoms with van der Waals surface area (Å²) in [4.78, 5) is 2.40. The molecule has 1 aliphatic heterocycles. The van der Waals surface area contributed by atoms with E-state index in [1.165, 1.54) is 12.8 Å². The molecule has 0 amide bonds. The molecule has 1 aliphatic rings. The van der Waals surface area contributed by atoms with Crippen LogP contribution >= 0.6 is 0 Å². The molecule has 0 radical (unpaired) electrons. The lowest BCUT2D eigenvalue weighted by Crippen LogP contribution is -2.29. The molecule has 0 spiro atoms. The average Bonchev–Trinajstić information content (AvgIpc) is 2.84. The maximum absolute atomic E-state index is 5.62. The van der Waals surface area contributed by atoms with Gasteiger partial charge in [-0.05, 0) is 19.4 Å². The van der Waals surface area contributed by atoms with Crippen molar-refractivity contribution in [2.45, 2.75) is 38.6 Å². The van der Waals surface area contributed by atoms with Crippen LogP contribution in [0.3, 0.4) is 0 Å². The van der Waals surface area contributed by atoms with Gasteiger partial charge in [-0.3, -0.25) is 4.90 Å². The molecule has 90 valence electrons.